The first-order valence-corrected chi connectivity index (χ1v) is 7.71. The van der Waals surface area contributed by atoms with Gasteiger partial charge in [0, 0.05) is 5.69 Å². The molecule has 3 amide bonds. The molecule has 0 fully saturated rings. The Hall–Kier alpha value is -2.48. The number of nitrogens with one attached hydrogen (secondary N) is 3. The maximum atomic E-state index is 13.5. The highest BCUT2D eigenvalue weighted by molar-refractivity contribution is 5.93. The van der Waals surface area contributed by atoms with Gasteiger partial charge in [0.1, 0.15) is 5.82 Å². The van der Waals surface area contributed by atoms with Crippen LogP contribution < -0.4 is 15.5 Å². The minimum Gasteiger partial charge on any atom is -0.450 e. The molecule has 1 aromatic rings. The molecule has 0 aromatic heterocycles. The maximum Gasteiger partial charge on any atom is 0.414 e. The van der Waals surface area contributed by atoms with Crippen molar-refractivity contribution in [3.8, 4) is 0 Å². The summed E-state index contributed by atoms with van der Waals surface area (Å²) in [6.07, 6.45) is -0.808. The van der Waals surface area contributed by atoms with Crippen molar-refractivity contribution in [2.24, 2.45) is 0 Å². The third-order valence-corrected chi connectivity index (χ3v) is 3.29. The lowest BCUT2D eigenvalue weighted by Crippen LogP contribution is -3.14. The van der Waals surface area contributed by atoms with E-state index in [0.717, 1.165) is 0 Å². The summed E-state index contributed by atoms with van der Waals surface area (Å²) in [5.41, 5.74) is 0.846. The molecule has 1 atom stereocenters. The van der Waals surface area contributed by atoms with E-state index in [-0.39, 0.29) is 25.6 Å². The molecule has 0 saturated heterocycles. The highest BCUT2D eigenvalue weighted by Crippen LogP contribution is 2.13. The maximum absolute atomic E-state index is 13.5. The molecule has 3 N–H and O–H groups in total. The van der Waals surface area contributed by atoms with Crippen LogP contribution in [0.3, 0.4) is 0 Å². The zero-order chi connectivity index (χ0) is 18.1. The summed E-state index contributed by atoms with van der Waals surface area (Å²) in [7, 11) is 0. The van der Waals surface area contributed by atoms with Crippen molar-refractivity contribution >= 4 is 23.6 Å². The number of carbonyl (C=O) groups excluding carboxylic acids is 3. The standard InChI is InChI=1S/C16H22FN3O4/c1-4-20(10-15(22)19-16(23)24-5-2)9-14(21)18-12-7-6-11(3)13(17)8-12/h6-8H,4-5,9-10H2,1-3H3,(H,18,21)(H,19,22,23)/p+1. The van der Waals surface area contributed by atoms with Gasteiger partial charge in [-0.15, -0.1) is 0 Å². The molecule has 0 heterocycles. The van der Waals surface area contributed by atoms with Crippen molar-refractivity contribution in [3.05, 3.63) is 29.6 Å². The van der Waals surface area contributed by atoms with Crippen LogP contribution >= 0.6 is 0 Å². The third kappa shape index (κ3) is 6.74. The molecule has 0 saturated carbocycles. The van der Waals surface area contributed by atoms with Crippen molar-refractivity contribution < 1.29 is 28.4 Å². The molecule has 0 aliphatic rings. The molecule has 0 bridgehead atoms. The van der Waals surface area contributed by atoms with Gasteiger partial charge in [-0.25, -0.2) is 9.18 Å². The van der Waals surface area contributed by atoms with Crippen molar-refractivity contribution in [1.82, 2.24) is 5.32 Å². The van der Waals surface area contributed by atoms with E-state index < -0.39 is 17.8 Å². The van der Waals surface area contributed by atoms with Crippen LogP contribution in [0, 0.1) is 12.7 Å². The summed E-state index contributed by atoms with van der Waals surface area (Å²) in [6.45, 7) is 5.71. The SMILES string of the molecule is CCOC(=O)NC(=O)C[NH+](CC)CC(=O)Nc1ccc(C)c(F)c1. The first-order valence-electron chi connectivity index (χ1n) is 7.71. The van der Waals surface area contributed by atoms with Crippen LogP contribution in [0.2, 0.25) is 0 Å². The summed E-state index contributed by atoms with van der Waals surface area (Å²) < 4.78 is 18.1. The summed E-state index contributed by atoms with van der Waals surface area (Å²) >= 11 is 0. The molecule has 0 aliphatic heterocycles. The van der Waals surface area contributed by atoms with E-state index in [4.69, 9.17) is 0 Å². The monoisotopic (exact) mass is 340 g/mol. The van der Waals surface area contributed by atoms with Gasteiger partial charge in [-0.2, -0.15) is 0 Å². The second-order valence-electron chi connectivity index (χ2n) is 5.24. The van der Waals surface area contributed by atoms with Gasteiger partial charge in [-0.05, 0) is 38.5 Å². The molecular weight excluding hydrogens is 317 g/mol. The van der Waals surface area contributed by atoms with Gasteiger partial charge in [0.15, 0.2) is 13.1 Å². The van der Waals surface area contributed by atoms with Crippen LogP contribution in [0.1, 0.15) is 19.4 Å². The van der Waals surface area contributed by atoms with Crippen molar-refractivity contribution in [1.29, 1.82) is 0 Å². The van der Waals surface area contributed by atoms with E-state index in [1.807, 2.05) is 6.92 Å². The number of hydrogen-bond acceptors (Lipinski definition) is 4. The van der Waals surface area contributed by atoms with E-state index in [2.05, 4.69) is 15.4 Å². The third-order valence-electron chi connectivity index (χ3n) is 3.29. The summed E-state index contributed by atoms with van der Waals surface area (Å²) in [6, 6.07) is 4.42. The Labute approximate surface area is 140 Å². The van der Waals surface area contributed by atoms with Gasteiger partial charge < -0.3 is 15.0 Å². The highest BCUT2D eigenvalue weighted by Gasteiger charge is 2.18. The fourth-order valence-corrected chi connectivity index (χ4v) is 1.97. The number of rotatable bonds is 7. The second kappa shape index (κ2) is 9.61. The molecular formula is C16H23FN3O4+. The van der Waals surface area contributed by atoms with Crippen LogP contribution in [-0.2, 0) is 14.3 Å². The Bertz CT molecular complexity index is 607. The summed E-state index contributed by atoms with van der Waals surface area (Å²) in [5.74, 6) is -1.28. The zero-order valence-corrected chi connectivity index (χ0v) is 14.1. The minimum atomic E-state index is -0.808. The number of amides is 3. The van der Waals surface area contributed by atoms with Gasteiger partial charge >= 0.3 is 6.09 Å². The van der Waals surface area contributed by atoms with Crippen molar-refractivity contribution in [2.45, 2.75) is 20.8 Å². The molecule has 132 valence electrons. The lowest BCUT2D eigenvalue weighted by Gasteiger charge is -2.16. The van der Waals surface area contributed by atoms with Gasteiger partial charge in [0.2, 0.25) is 0 Å². The summed E-state index contributed by atoms with van der Waals surface area (Å²) in [4.78, 5) is 35.5. The number of aryl methyl sites for hydroxylation is 1. The zero-order valence-electron chi connectivity index (χ0n) is 14.1. The second-order valence-corrected chi connectivity index (χ2v) is 5.24. The molecule has 8 heteroatoms. The van der Waals surface area contributed by atoms with Crippen LogP contribution in [0.5, 0.6) is 0 Å². The van der Waals surface area contributed by atoms with Gasteiger partial charge in [-0.1, -0.05) is 6.07 Å². The fraction of sp³-hybridized carbons (Fsp3) is 0.438. The number of benzene rings is 1. The van der Waals surface area contributed by atoms with Crippen LogP contribution in [-0.4, -0.2) is 44.1 Å². The number of likely N-dealkylation sites (N-methyl/N-ethyl adjacent to an activating group) is 1. The number of alkyl carbamates (subject to hydrolysis) is 1. The molecule has 0 radical (unpaired) electrons. The average molecular weight is 340 g/mol. The number of anilines is 1. The Balaban J connectivity index is 2.51. The number of hydrogen-bond donors (Lipinski definition) is 3. The van der Waals surface area contributed by atoms with E-state index in [0.29, 0.717) is 22.7 Å². The van der Waals surface area contributed by atoms with E-state index in [9.17, 15) is 18.8 Å². The first-order chi connectivity index (χ1) is 11.3. The first kappa shape index (κ1) is 19.6. The molecule has 1 rings (SSSR count). The molecule has 0 spiro atoms. The quantitative estimate of drug-likeness (QED) is 0.664. The van der Waals surface area contributed by atoms with Gasteiger partial charge in [0.05, 0.1) is 13.2 Å². The number of quaternary nitrogens is 1. The highest BCUT2D eigenvalue weighted by atomic mass is 19.1. The minimum absolute atomic E-state index is 0.0161. The van der Waals surface area contributed by atoms with E-state index >= 15 is 0 Å². The number of ether oxygens (including phenoxy) is 1. The van der Waals surface area contributed by atoms with Crippen LogP contribution in [0.15, 0.2) is 18.2 Å². The largest absolute Gasteiger partial charge is 0.450 e. The average Bonchev–Trinajstić information content (AvgIpc) is 2.50. The summed E-state index contributed by atoms with van der Waals surface area (Å²) in [5, 5.41) is 4.67. The smallest absolute Gasteiger partial charge is 0.414 e. The molecule has 0 aliphatic carbocycles. The number of imide groups is 1. The lowest BCUT2D eigenvalue weighted by atomic mass is 10.2. The molecule has 24 heavy (non-hydrogen) atoms. The molecule has 7 nitrogen and oxygen atoms in total. The van der Waals surface area contributed by atoms with Crippen LogP contribution in [0.25, 0.3) is 0 Å². The normalized spacial score (nSPS) is 11.5. The molecule has 1 aromatic carbocycles. The lowest BCUT2D eigenvalue weighted by molar-refractivity contribution is -0.881. The van der Waals surface area contributed by atoms with Crippen molar-refractivity contribution in [3.63, 3.8) is 0 Å². The number of halogens is 1. The van der Waals surface area contributed by atoms with Gasteiger partial charge in [0.25, 0.3) is 11.8 Å². The Morgan fingerprint density at radius 2 is 1.83 bits per heavy atom. The Kier molecular flexibility index (Phi) is 7.84. The topological polar surface area (TPSA) is 88.9 Å². The predicted octanol–water partition coefficient (Wildman–Crippen LogP) is 0.250. The van der Waals surface area contributed by atoms with E-state index in [1.54, 1.807) is 26.0 Å². The Morgan fingerprint density at radius 1 is 1.17 bits per heavy atom. The van der Waals surface area contributed by atoms with Crippen LogP contribution in [0.4, 0.5) is 14.9 Å². The van der Waals surface area contributed by atoms with E-state index in [1.165, 1.54) is 6.07 Å². The van der Waals surface area contributed by atoms with Crippen molar-refractivity contribution in [2.75, 3.05) is 31.6 Å². The predicted molar refractivity (Wildman–Crippen MR) is 86.2 cm³/mol. The Morgan fingerprint density at radius 3 is 2.42 bits per heavy atom. The molecule has 1 unspecified atom stereocenters. The number of carbonyl (C=O) groups is 3. The van der Waals surface area contributed by atoms with Gasteiger partial charge in [-0.3, -0.25) is 14.9 Å². The fourth-order valence-electron chi connectivity index (χ4n) is 1.97.